The lowest BCUT2D eigenvalue weighted by molar-refractivity contribution is -0.126. The average molecular weight is 321 g/mol. The number of hydrogen-bond acceptors (Lipinski definition) is 3. The van der Waals surface area contributed by atoms with Crippen LogP contribution in [0.2, 0.25) is 0 Å². The predicted molar refractivity (Wildman–Crippen MR) is 88.1 cm³/mol. The molecule has 1 heterocycles. The average Bonchev–Trinajstić information content (AvgIpc) is 3.20. The molecule has 6 heteroatoms. The van der Waals surface area contributed by atoms with Gasteiger partial charge in [0.1, 0.15) is 0 Å². The van der Waals surface area contributed by atoms with E-state index >= 15 is 0 Å². The van der Waals surface area contributed by atoms with Crippen LogP contribution in [0, 0.1) is 12.8 Å². The number of carbonyl (C=O) groups excluding carboxylic acids is 2. The molecular formula is C16H23N3O2S. The molecule has 0 aromatic carbocycles. The van der Waals surface area contributed by atoms with Crippen LogP contribution >= 0.6 is 11.3 Å². The normalized spacial score (nSPS) is 24.6. The molecule has 3 rings (SSSR count). The quantitative estimate of drug-likeness (QED) is 0.798. The van der Waals surface area contributed by atoms with Gasteiger partial charge in [-0.25, -0.2) is 4.79 Å². The standard InChI is InChI=1S/C16H23N3O2S/c1-10-5-8-14(22-10)19-16(21)18-13-4-2-3-11(9-13)15(20)17-12-6-7-12/h5,8,11-13H,2-4,6-7,9H2,1H3,(H,17,20)(H2,18,19,21)/t11-,13-/m0/s1. The van der Waals surface area contributed by atoms with E-state index in [1.54, 1.807) is 11.3 Å². The first-order valence-corrected chi connectivity index (χ1v) is 8.86. The van der Waals surface area contributed by atoms with Crippen LogP contribution in [0.5, 0.6) is 0 Å². The summed E-state index contributed by atoms with van der Waals surface area (Å²) in [6.45, 7) is 2.01. The number of nitrogens with one attached hydrogen (secondary N) is 3. The molecule has 3 N–H and O–H groups in total. The van der Waals surface area contributed by atoms with Gasteiger partial charge < -0.3 is 10.6 Å². The molecule has 2 atom stereocenters. The summed E-state index contributed by atoms with van der Waals surface area (Å²) in [5.41, 5.74) is 0. The zero-order chi connectivity index (χ0) is 15.5. The number of urea groups is 1. The molecule has 0 bridgehead atoms. The molecule has 0 radical (unpaired) electrons. The molecule has 120 valence electrons. The summed E-state index contributed by atoms with van der Waals surface area (Å²) in [5, 5.41) is 9.80. The largest absolute Gasteiger partial charge is 0.353 e. The molecule has 0 spiro atoms. The summed E-state index contributed by atoms with van der Waals surface area (Å²) >= 11 is 1.56. The summed E-state index contributed by atoms with van der Waals surface area (Å²) in [6, 6.07) is 4.22. The molecule has 2 aliphatic rings. The molecule has 0 unspecified atom stereocenters. The first-order valence-electron chi connectivity index (χ1n) is 8.04. The van der Waals surface area contributed by atoms with E-state index in [1.807, 2.05) is 19.1 Å². The third kappa shape index (κ3) is 4.22. The highest BCUT2D eigenvalue weighted by Gasteiger charge is 2.31. The summed E-state index contributed by atoms with van der Waals surface area (Å²) in [7, 11) is 0. The van der Waals surface area contributed by atoms with Crippen LogP contribution in [0.1, 0.15) is 43.4 Å². The number of carbonyl (C=O) groups is 2. The SMILES string of the molecule is Cc1ccc(NC(=O)N[C@H]2CCC[C@H](C(=O)NC3CC3)C2)s1. The third-order valence-corrected chi connectivity index (χ3v) is 5.20. The van der Waals surface area contributed by atoms with Gasteiger partial charge >= 0.3 is 6.03 Å². The fourth-order valence-corrected chi connectivity index (χ4v) is 3.70. The Labute approximate surface area is 134 Å². The van der Waals surface area contributed by atoms with Crippen LogP contribution in [0.4, 0.5) is 9.80 Å². The van der Waals surface area contributed by atoms with E-state index in [0.717, 1.165) is 43.5 Å². The fourth-order valence-electron chi connectivity index (χ4n) is 2.94. The Kier molecular flexibility index (Phi) is 4.66. The Morgan fingerprint density at radius 1 is 1.09 bits per heavy atom. The highest BCUT2D eigenvalue weighted by Crippen LogP contribution is 2.27. The van der Waals surface area contributed by atoms with Gasteiger partial charge in [-0.15, -0.1) is 11.3 Å². The Bertz CT molecular complexity index is 553. The van der Waals surface area contributed by atoms with Gasteiger partial charge in [0.25, 0.3) is 0 Å². The van der Waals surface area contributed by atoms with Crippen LogP contribution < -0.4 is 16.0 Å². The van der Waals surface area contributed by atoms with E-state index in [9.17, 15) is 9.59 Å². The molecule has 2 aliphatic carbocycles. The van der Waals surface area contributed by atoms with Crippen molar-refractivity contribution in [2.75, 3.05) is 5.32 Å². The predicted octanol–water partition coefficient (Wildman–Crippen LogP) is 3.02. The first kappa shape index (κ1) is 15.3. The topological polar surface area (TPSA) is 70.2 Å². The van der Waals surface area contributed by atoms with Gasteiger partial charge in [-0.3, -0.25) is 10.1 Å². The second-order valence-electron chi connectivity index (χ2n) is 6.35. The second-order valence-corrected chi connectivity index (χ2v) is 7.64. The summed E-state index contributed by atoms with van der Waals surface area (Å²) in [5.74, 6) is 0.215. The van der Waals surface area contributed by atoms with Crippen molar-refractivity contribution in [3.8, 4) is 0 Å². The minimum absolute atomic E-state index is 0.0450. The number of aryl methyl sites for hydroxylation is 1. The van der Waals surface area contributed by atoms with Crippen molar-refractivity contribution in [3.05, 3.63) is 17.0 Å². The highest BCUT2D eigenvalue weighted by atomic mass is 32.1. The molecule has 1 aromatic heterocycles. The van der Waals surface area contributed by atoms with Crippen LogP contribution in [0.15, 0.2) is 12.1 Å². The van der Waals surface area contributed by atoms with Gasteiger partial charge in [-0.1, -0.05) is 6.42 Å². The number of thiophene rings is 1. The third-order valence-electron chi connectivity index (χ3n) is 4.28. The zero-order valence-corrected chi connectivity index (χ0v) is 13.7. The minimum Gasteiger partial charge on any atom is -0.353 e. The number of amides is 3. The van der Waals surface area contributed by atoms with Gasteiger partial charge in [0, 0.05) is 22.9 Å². The van der Waals surface area contributed by atoms with Gasteiger partial charge in [-0.05, 0) is 51.2 Å². The van der Waals surface area contributed by atoms with Crippen molar-refractivity contribution in [1.29, 1.82) is 0 Å². The lowest BCUT2D eigenvalue weighted by atomic mass is 9.85. The van der Waals surface area contributed by atoms with E-state index in [0.29, 0.717) is 6.04 Å². The fraction of sp³-hybridized carbons (Fsp3) is 0.625. The van der Waals surface area contributed by atoms with Gasteiger partial charge in [0.05, 0.1) is 5.00 Å². The molecule has 22 heavy (non-hydrogen) atoms. The van der Waals surface area contributed by atoms with Crippen LogP contribution in [-0.2, 0) is 4.79 Å². The van der Waals surface area contributed by atoms with Crippen molar-refractivity contribution < 1.29 is 9.59 Å². The Morgan fingerprint density at radius 3 is 2.59 bits per heavy atom. The maximum atomic E-state index is 12.1. The number of rotatable bonds is 4. The lowest BCUT2D eigenvalue weighted by Crippen LogP contribution is -2.44. The molecule has 0 saturated heterocycles. The Morgan fingerprint density at radius 2 is 1.91 bits per heavy atom. The Hall–Kier alpha value is -1.56. The van der Waals surface area contributed by atoms with Crippen molar-refractivity contribution in [2.24, 2.45) is 5.92 Å². The van der Waals surface area contributed by atoms with Crippen LogP contribution in [0.25, 0.3) is 0 Å². The van der Waals surface area contributed by atoms with E-state index in [1.165, 1.54) is 4.88 Å². The zero-order valence-electron chi connectivity index (χ0n) is 12.9. The molecule has 0 aliphatic heterocycles. The molecule has 2 saturated carbocycles. The van der Waals surface area contributed by atoms with Crippen molar-refractivity contribution in [2.45, 2.75) is 57.5 Å². The van der Waals surface area contributed by atoms with Gasteiger partial charge in [0.2, 0.25) is 5.91 Å². The smallest absolute Gasteiger partial charge is 0.320 e. The lowest BCUT2D eigenvalue weighted by Gasteiger charge is -2.29. The van der Waals surface area contributed by atoms with E-state index in [-0.39, 0.29) is 23.9 Å². The van der Waals surface area contributed by atoms with E-state index < -0.39 is 0 Å². The maximum Gasteiger partial charge on any atom is 0.320 e. The molecule has 2 fully saturated rings. The minimum atomic E-state index is -0.171. The summed E-state index contributed by atoms with van der Waals surface area (Å²) in [4.78, 5) is 25.3. The van der Waals surface area contributed by atoms with E-state index in [4.69, 9.17) is 0 Å². The molecule has 5 nitrogen and oxygen atoms in total. The van der Waals surface area contributed by atoms with Gasteiger partial charge in [-0.2, -0.15) is 0 Å². The van der Waals surface area contributed by atoms with Crippen molar-refractivity contribution in [3.63, 3.8) is 0 Å². The van der Waals surface area contributed by atoms with E-state index in [2.05, 4.69) is 16.0 Å². The summed E-state index contributed by atoms with van der Waals surface area (Å²) in [6.07, 6.45) is 5.85. The first-order chi connectivity index (χ1) is 10.6. The highest BCUT2D eigenvalue weighted by molar-refractivity contribution is 7.16. The Balaban J connectivity index is 1.46. The molecular weight excluding hydrogens is 298 g/mol. The van der Waals surface area contributed by atoms with Gasteiger partial charge in [0.15, 0.2) is 0 Å². The monoisotopic (exact) mass is 321 g/mol. The van der Waals surface area contributed by atoms with Crippen molar-refractivity contribution >= 4 is 28.3 Å². The maximum absolute atomic E-state index is 12.1. The van der Waals surface area contributed by atoms with Crippen molar-refractivity contribution in [1.82, 2.24) is 10.6 Å². The second kappa shape index (κ2) is 6.69. The van der Waals surface area contributed by atoms with Crippen LogP contribution in [0.3, 0.4) is 0 Å². The van der Waals surface area contributed by atoms with Crippen LogP contribution in [-0.4, -0.2) is 24.0 Å². The number of anilines is 1. The molecule has 3 amide bonds. The number of hydrogen-bond donors (Lipinski definition) is 3. The molecule has 1 aromatic rings. The summed E-state index contributed by atoms with van der Waals surface area (Å²) < 4.78 is 0.